The Kier molecular flexibility index (Phi) is 4.20. The number of carbonyl (C=O) groups excluding carboxylic acids is 1. The number of rotatable bonds is 3. The number of carbonyl (C=O) groups is 1. The molecule has 0 spiro atoms. The third-order valence-electron chi connectivity index (χ3n) is 3.25. The van der Waals surface area contributed by atoms with Gasteiger partial charge in [0.05, 0.1) is 13.5 Å². The van der Waals surface area contributed by atoms with Crippen molar-refractivity contribution in [2.75, 3.05) is 33.3 Å². The van der Waals surface area contributed by atoms with Crippen LogP contribution in [0.25, 0.3) is 0 Å². The van der Waals surface area contributed by atoms with Crippen LogP contribution < -0.4 is 10.1 Å². The smallest absolute Gasteiger partial charge is 0.227 e. The first kappa shape index (κ1) is 12.9. The van der Waals surface area contributed by atoms with Gasteiger partial charge in [0.2, 0.25) is 5.91 Å². The molecule has 0 bridgehead atoms. The van der Waals surface area contributed by atoms with E-state index in [2.05, 4.69) is 5.32 Å². The normalized spacial score (nSPS) is 15.6. The van der Waals surface area contributed by atoms with Gasteiger partial charge in [0.25, 0.3) is 0 Å². The van der Waals surface area contributed by atoms with Crippen LogP contribution in [0.2, 0.25) is 0 Å². The van der Waals surface area contributed by atoms with Gasteiger partial charge in [0.1, 0.15) is 5.75 Å². The monoisotopic (exact) mass is 248 g/mol. The molecule has 0 aromatic heterocycles. The maximum absolute atomic E-state index is 12.2. The Hall–Kier alpha value is -1.55. The molecule has 0 aliphatic carbocycles. The van der Waals surface area contributed by atoms with Crippen molar-refractivity contribution in [1.82, 2.24) is 10.2 Å². The third-order valence-corrected chi connectivity index (χ3v) is 3.25. The predicted octanol–water partition coefficient (Wildman–Crippen LogP) is 0.978. The van der Waals surface area contributed by atoms with Gasteiger partial charge in [-0.2, -0.15) is 0 Å². The first-order valence-electron chi connectivity index (χ1n) is 6.32. The fourth-order valence-electron chi connectivity index (χ4n) is 2.23. The molecule has 4 heteroatoms. The predicted molar refractivity (Wildman–Crippen MR) is 70.9 cm³/mol. The summed E-state index contributed by atoms with van der Waals surface area (Å²) in [6, 6.07) is 5.95. The summed E-state index contributed by atoms with van der Waals surface area (Å²) in [6.45, 7) is 5.39. The molecule has 1 aromatic carbocycles. The molecule has 1 aliphatic heterocycles. The molecule has 1 heterocycles. The summed E-state index contributed by atoms with van der Waals surface area (Å²) in [5, 5.41) is 3.25. The van der Waals surface area contributed by atoms with E-state index >= 15 is 0 Å². The maximum Gasteiger partial charge on any atom is 0.227 e. The van der Waals surface area contributed by atoms with Crippen LogP contribution in [0.15, 0.2) is 18.2 Å². The Balaban J connectivity index is 2.07. The first-order valence-corrected chi connectivity index (χ1v) is 6.32. The standard InChI is InChI=1S/C14H20N2O2/c1-11-3-4-13(18-2)12(9-11)10-14(17)16-7-5-15-6-8-16/h3-4,9,15H,5-8,10H2,1-2H3. The SMILES string of the molecule is COc1ccc(C)cc1CC(=O)N1CCNCC1. The second-order valence-electron chi connectivity index (χ2n) is 4.62. The van der Waals surface area contributed by atoms with Crippen LogP contribution in [-0.4, -0.2) is 44.1 Å². The topological polar surface area (TPSA) is 41.6 Å². The second-order valence-corrected chi connectivity index (χ2v) is 4.62. The molecule has 1 aliphatic rings. The number of hydrogen-bond donors (Lipinski definition) is 1. The average molecular weight is 248 g/mol. The van der Waals surface area contributed by atoms with Crippen LogP contribution in [0.4, 0.5) is 0 Å². The summed E-state index contributed by atoms with van der Waals surface area (Å²) < 4.78 is 5.31. The number of methoxy groups -OCH3 is 1. The number of piperazine rings is 1. The van der Waals surface area contributed by atoms with Gasteiger partial charge >= 0.3 is 0 Å². The van der Waals surface area contributed by atoms with E-state index in [0.29, 0.717) is 6.42 Å². The van der Waals surface area contributed by atoms with Crippen molar-refractivity contribution in [2.24, 2.45) is 0 Å². The summed E-state index contributed by atoms with van der Waals surface area (Å²) in [5.74, 6) is 0.976. The molecule has 1 fully saturated rings. The molecule has 18 heavy (non-hydrogen) atoms. The number of nitrogens with zero attached hydrogens (tertiary/aromatic N) is 1. The third kappa shape index (κ3) is 3.01. The molecule has 1 aromatic rings. The van der Waals surface area contributed by atoms with Gasteiger partial charge in [0, 0.05) is 31.7 Å². The van der Waals surface area contributed by atoms with Crippen LogP contribution >= 0.6 is 0 Å². The molecular weight excluding hydrogens is 228 g/mol. The van der Waals surface area contributed by atoms with Crippen LogP contribution in [0.5, 0.6) is 5.75 Å². The molecule has 4 nitrogen and oxygen atoms in total. The Morgan fingerprint density at radius 1 is 1.39 bits per heavy atom. The second kappa shape index (κ2) is 5.87. The number of nitrogens with one attached hydrogen (secondary N) is 1. The summed E-state index contributed by atoms with van der Waals surface area (Å²) >= 11 is 0. The Morgan fingerprint density at radius 3 is 2.78 bits per heavy atom. The van der Waals surface area contributed by atoms with Crippen molar-refractivity contribution < 1.29 is 9.53 Å². The maximum atomic E-state index is 12.2. The molecule has 0 atom stereocenters. The molecule has 2 rings (SSSR count). The lowest BCUT2D eigenvalue weighted by Crippen LogP contribution is -2.46. The lowest BCUT2D eigenvalue weighted by molar-refractivity contribution is -0.131. The van der Waals surface area contributed by atoms with E-state index in [1.54, 1.807) is 7.11 Å². The lowest BCUT2D eigenvalue weighted by atomic mass is 10.1. The van der Waals surface area contributed by atoms with E-state index in [0.717, 1.165) is 43.1 Å². The van der Waals surface area contributed by atoms with Crippen LogP contribution in [0.1, 0.15) is 11.1 Å². The van der Waals surface area contributed by atoms with E-state index in [-0.39, 0.29) is 5.91 Å². The molecule has 1 amide bonds. The van der Waals surface area contributed by atoms with Crippen molar-refractivity contribution in [2.45, 2.75) is 13.3 Å². The van der Waals surface area contributed by atoms with Crippen LogP contribution in [-0.2, 0) is 11.2 Å². The van der Waals surface area contributed by atoms with Gasteiger partial charge in [-0.25, -0.2) is 0 Å². The van der Waals surface area contributed by atoms with Gasteiger partial charge in [-0.15, -0.1) is 0 Å². The molecule has 0 saturated carbocycles. The largest absolute Gasteiger partial charge is 0.496 e. The fraction of sp³-hybridized carbons (Fsp3) is 0.500. The zero-order chi connectivity index (χ0) is 13.0. The van der Waals surface area contributed by atoms with E-state index in [4.69, 9.17) is 4.74 Å². The number of hydrogen-bond acceptors (Lipinski definition) is 3. The average Bonchev–Trinajstić information content (AvgIpc) is 2.40. The summed E-state index contributed by atoms with van der Waals surface area (Å²) in [4.78, 5) is 14.1. The summed E-state index contributed by atoms with van der Waals surface area (Å²) in [7, 11) is 1.64. The summed E-state index contributed by atoms with van der Waals surface area (Å²) in [5.41, 5.74) is 2.12. The first-order chi connectivity index (χ1) is 8.70. The zero-order valence-electron chi connectivity index (χ0n) is 11.0. The lowest BCUT2D eigenvalue weighted by Gasteiger charge is -2.27. The van der Waals surface area contributed by atoms with E-state index in [9.17, 15) is 4.79 Å². The Bertz CT molecular complexity index is 426. The van der Waals surface area contributed by atoms with E-state index < -0.39 is 0 Å². The van der Waals surface area contributed by atoms with Crippen molar-refractivity contribution in [3.8, 4) is 5.75 Å². The fourth-order valence-corrected chi connectivity index (χ4v) is 2.23. The highest BCUT2D eigenvalue weighted by Gasteiger charge is 2.17. The molecule has 0 radical (unpaired) electrons. The highest BCUT2D eigenvalue weighted by Crippen LogP contribution is 2.20. The molecule has 0 unspecified atom stereocenters. The highest BCUT2D eigenvalue weighted by molar-refractivity contribution is 5.79. The minimum Gasteiger partial charge on any atom is -0.496 e. The van der Waals surface area contributed by atoms with Gasteiger partial charge < -0.3 is 15.0 Å². The molecule has 1 N–H and O–H groups in total. The quantitative estimate of drug-likeness (QED) is 0.867. The van der Waals surface area contributed by atoms with Crippen LogP contribution in [0.3, 0.4) is 0 Å². The molecule has 1 saturated heterocycles. The van der Waals surface area contributed by atoms with Crippen molar-refractivity contribution in [3.63, 3.8) is 0 Å². The number of amides is 1. The molecular formula is C14H20N2O2. The number of benzene rings is 1. The van der Waals surface area contributed by atoms with E-state index in [1.165, 1.54) is 0 Å². The Morgan fingerprint density at radius 2 is 2.11 bits per heavy atom. The van der Waals surface area contributed by atoms with Crippen molar-refractivity contribution in [3.05, 3.63) is 29.3 Å². The molecule has 98 valence electrons. The minimum absolute atomic E-state index is 0.181. The van der Waals surface area contributed by atoms with E-state index in [1.807, 2.05) is 30.0 Å². The zero-order valence-corrected chi connectivity index (χ0v) is 11.0. The summed E-state index contributed by atoms with van der Waals surface area (Å²) in [6.07, 6.45) is 0.421. The van der Waals surface area contributed by atoms with Gasteiger partial charge in [-0.3, -0.25) is 4.79 Å². The Labute approximate surface area is 108 Å². The van der Waals surface area contributed by atoms with Crippen LogP contribution in [0, 0.1) is 6.92 Å². The van der Waals surface area contributed by atoms with Gasteiger partial charge in [0.15, 0.2) is 0 Å². The minimum atomic E-state index is 0.181. The van der Waals surface area contributed by atoms with Crippen molar-refractivity contribution in [1.29, 1.82) is 0 Å². The highest BCUT2D eigenvalue weighted by atomic mass is 16.5. The van der Waals surface area contributed by atoms with Gasteiger partial charge in [-0.1, -0.05) is 17.7 Å². The van der Waals surface area contributed by atoms with Gasteiger partial charge in [-0.05, 0) is 13.0 Å². The number of aryl methyl sites for hydroxylation is 1. The van der Waals surface area contributed by atoms with Crippen molar-refractivity contribution >= 4 is 5.91 Å². The number of ether oxygens (including phenoxy) is 1.